The Hall–Kier alpha value is 0.660. The van der Waals surface area contributed by atoms with Gasteiger partial charge in [-0.15, -0.1) is 0 Å². The van der Waals surface area contributed by atoms with Crippen LogP contribution in [0.3, 0.4) is 0 Å². The lowest BCUT2D eigenvalue weighted by atomic mass is 11.9. The van der Waals surface area contributed by atoms with Crippen molar-refractivity contribution in [3.05, 3.63) is 0 Å². The lowest BCUT2D eigenvalue weighted by Gasteiger charge is -1.91. The maximum absolute atomic E-state index is 4.47. The van der Waals surface area contributed by atoms with E-state index in [2.05, 4.69) is 24.8 Å². The molecule has 0 spiro atoms. The zero-order chi connectivity index (χ0) is 4.28. The molecule has 0 aliphatic heterocycles. The van der Waals surface area contributed by atoms with Gasteiger partial charge < -0.3 is 24.8 Å². The molecule has 0 nitrogen and oxygen atoms in total. The van der Waals surface area contributed by atoms with E-state index in [1.807, 2.05) is 6.26 Å². The number of thioether (sulfide) groups is 1. The third kappa shape index (κ3) is 4.66. The van der Waals surface area contributed by atoms with Gasteiger partial charge in [-0.05, 0) is 6.26 Å². The summed E-state index contributed by atoms with van der Waals surface area (Å²) in [6, 6.07) is 0. The van der Waals surface area contributed by atoms with Crippen LogP contribution < -0.4 is 0 Å². The van der Waals surface area contributed by atoms with Gasteiger partial charge in [-0.25, -0.2) is 0 Å². The zero-order valence-corrected chi connectivity index (χ0v) is 5.17. The highest BCUT2D eigenvalue weighted by Gasteiger charge is 1.57. The van der Waals surface area contributed by atoms with Crippen LogP contribution in [0.5, 0.6) is 0 Å². The van der Waals surface area contributed by atoms with E-state index < -0.39 is 0 Å². The van der Waals surface area contributed by atoms with Gasteiger partial charge >= 0.3 is 0 Å². The van der Waals surface area contributed by atoms with Crippen LogP contribution in [0.1, 0.15) is 0 Å². The van der Waals surface area contributed by atoms with Gasteiger partial charge in [0.15, 0.2) is 0 Å². The molecule has 0 heterocycles. The van der Waals surface area contributed by atoms with Crippen LogP contribution >= 0.6 is 24.0 Å². The number of thiocarbonyl (C=S) groups is 1. The van der Waals surface area contributed by atoms with Gasteiger partial charge in [0.1, 0.15) is 0 Å². The molecular formula is C2H3S3-. The first-order chi connectivity index (χ1) is 2.27. The molecule has 30 valence electrons. The molecule has 0 aromatic carbocycles. The predicted molar refractivity (Wildman–Crippen MR) is 33.5 cm³/mol. The second-order valence-corrected chi connectivity index (χ2v) is 2.86. The van der Waals surface area contributed by atoms with Crippen molar-refractivity contribution in [2.45, 2.75) is 0 Å². The van der Waals surface area contributed by atoms with E-state index in [1.54, 1.807) is 0 Å². The smallest absolute Gasteiger partial charge is 0.0152 e. The summed E-state index contributed by atoms with van der Waals surface area (Å²) in [4.78, 5) is 0. The third-order valence-electron chi connectivity index (χ3n) is 0.167. The Bertz CT molecular complexity index is 40.2. The van der Waals surface area contributed by atoms with Crippen molar-refractivity contribution >= 4 is 40.1 Å². The van der Waals surface area contributed by atoms with E-state index in [0.29, 0.717) is 3.53 Å². The van der Waals surface area contributed by atoms with E-state index in [-0.39, 0.29) is 0 Å². The van der Waals surface area contributed by atoms with Gasteiger partial charge in [-0.1, -0.05) is 3.53 Å². The van der Waals surface area contributed by atoms with Crippen molar-refractivity contribution in [2.75, 3.05) is 6.26 Å². The minimum Gasteiger partial charge on any atom is -0.422 e. The van der Waals surface area contributed by atoms with Crippen LogP contribution in [0, 0.1) is 0 Å². The van der Waals surface area contributed by atoms with Gasteiger partial charge in [0.05, 0.1) is 0 Å². The number of hydrogen-bond donors (Lipinski definition) is 0. The maximum atomic E-state index is 4.47. The molecule has 5 heavy (non-hydrogen) atoms. The van der Waals surface area contributed by atoms with E-state index in [1.165, 1.54) is 11.8 Å². The maximum Gasteiger partial charge on any atom is -0.0152 e. The zero-order valence-electron chi connectivity index (χ0n) is 2.72. The van der Waals surface area contributed by atoms with Crippen molar-refractivity contribution in [3.8, 4) is 0 Å². The van der Waals surface area contributed by atoms with Gasteiger partial charge in [0, 0.05) is 0 Å². The van der Waals surface area contributed by atoms with Gasteiger partial charge in [0.25, 0.3) is 0 Å². The van der Waals surface area contributed by atoms with Crippen molar-refractivity contribution in [2.24, 2.45) is 0 Å². The highest BCUT2D eigenvalue weighted by Crippen LogP contribution is 1.91. The summed E-state index contributed by atoms with van der Waals surface area (Å²) in [6.45, 7) is 0. The molecule has 0 N–H and O–H groups in total. The predicted octanol–water partition coefficient (Wildman–Crippen LogP) is 1.18. The standard InChI is InChI=1S/C2H4S3/c1-5-2(3)4/h1H3,(H,3,4)/p-1. The van der Waals surface area contributed by atoms with E-state index in [4.69, 9.17) is 0 Å². The Morgan fingerprint density at radius 1 is 2.00 bits per heavy atom. The molecule has 0 aromatic rings. The molecule has 0 aromatic heterocycles. The summed E-state index contributed by atoms with van der Waals surface area (Å²) in [5, 5.41) is 0. The monoisotopic (exact) mass is 123 g/mol. The van der Waals surface area contributed by atoms with Crippen molar-refractivity contribution in [1.82, 2.24) is 0 Å². The van der Waals surface area contributed by atoms with E-state index in [0.717, 1.165) is 0 Å². The van der Waals surface area contributed by atoms with Crippen LogP contribution in [0.25, 0.3) is 0 Å². The topological polar surface area (TPSA) is 0 Å². The Balaban J connectivity index is 2.85. The molecule has 0 amide bonds. The van der Waals surface area contributed by atoms with E-state index >= 15 is 0 Å². The lowest BCUT2D eigenvalue weighted by molar-refractivity contribution is 2.54. The minimum absolute atomic E-state index is 0.588. The van der Waals surface area contributed by atoms with Crippen molar-refractivity contribution < 1.29 is 0 Å². The van der Waals surface area contributed by atoms with Gasteiger partial charge in [-0.2, -0.15) is 11.8 Å². The third-order valence-corrected chi connectivity index (χ3v) is 1.50. The fraction of sp³-hybridized carbons (Fsp3) is 0.500. The Morgan fingerprint density at radius 3 is 2.20 bits per heavy atom. The second kappa shape index (κ2) is 2.87. The molecule has 0 saturated heterocycles. The van der Waals surface area contributed by atoms with Gasteiger partial charge in [-0.3, -0.25) is 0 Å². The molecule has 3 heteroatoms. The highest BCUT2D eigenvalue weighted by atomic mass is 32.2. The average molecular weight is 123 g/mol. The van der Waals surface area contributed by atoms with Crippen LogP contribution in [0.2, 0.25) is 0 Å². The highest BCUT2D eigenvalue weighted by molar-refractivity contribution is 8.36. The summed E-state index contributed by atoms with van der Waals surface area (Å²) in [5.41, 5.74) is 0. The molecule has 0 atom stereocenters. The van der Waals surface area contributed by atoms with Crippen LogP contribution in [-0.2, 0) is 12.6 Å². The summed E-state index contributed by atoms with van der Waals surface area (Å²) in [5.74, 6) is 0. The summed E-state index contributed by atoms with van der Waals surface area (Å²) >= 11 is 10.4. The molecule has 0 rings (SSSR count). The Labute approximate surface area is 46.7 Å². The minimum atomic E-state index is 0.588. The molecule has 0 radical (unpaired) electrons. The first-order valence-corrected chi connectivity index (χ1v) is 3.06. The van der Waals surface area contributed by atoms with Crippen molar-refractivity contribution in [3.63, 3.8) is 0 Å². The SMILES string of the molecule is CSC(=S)[S-]. The van der Waals surface area contributed by atoms with Gasteiger partial charge in [0.2, 0.25) is 0 Å². The fourth-order valence-corrected chi connectivity index (χ4v) is 0. The molecule has 0 unspecified atom stereocenters. The summed E-state index contributed by atoms with van der Waals surface area (Å²) < 4.78 is 0.588. The Morgan fingerprint density at radius 2 is 2.20 bits per heavy atom. The molecular weight excluding hydrogens is 120 g/mol. The fourth-order valence-electron chi connectivity index (χ4n) is 0. The molecule has 0 fully saturated rings. The molecule has 0 aliphatic rings. The second-order valence-electron chi connectivity index (χ2n) is 0.454. The first-order valence-electron chi connectivity index (χ1n) is 1.02. The summed E-state index contributed by atoms with van der Waals surface area (Å²) in [7, 11) is 0. The van der Waals surface area contributed by atoms with Crippen LogP contribution in [0.4, 0.5) is 0 Å². The average Bonchev–Trinajstić information content (AvgIpc) is 1.38. The lowest BCUT2D eigenvalue weighted by Crippen LogP contribution is -1.69. The van der Waals surface area contributed by atoms with Crippen molar-refractivity contribution in [1.29, 1.82) is 0 Å². The molecule has 0 aliphatic carbocycles. The van der Waals surface area contributed by atoms with E-state index in [9.17, 15) is 0 Å². The number of rotatable bonds is 0. The first kappa shape index (κ1) is 5.66. The Kier molecular flexibility index (Phi) is 3.25. The summed E-state index contributed by atoms with van der Waals surface area (Å²) in [6.07, 6.45) is 1.87. The largest absolute Gasteiger partial charge is 0.422 e. The normalized spacial score (nSPS) is 7.40. The molecule has 0 saturated carbocycles. The van der Waals surface area contributed by atoms with Crippen LogP contribution in [0.15, 0.2) is 0 Å². The quantitative estimate of drug-likeness (QED) is 0.351. The number of hydrogen-bond acceptors (Lipinski definition) is 3. The van der Waals surface area contributed by atoms with Crippen LogP contribution in [-0.4, -0.2) is 9.78 Å². The molecule has 0 bridgehead atoms.